The summed E-state index contributed by atoms with van der Waals surface area (Å²) in [5, 5.41) is 0.809. The number of methoxy groups -OCH3 is 1. The quantitative estimate of drug-likeness (QED) is 0.461. The summed E-state index contributed by atoms with van der Waals surface area (Å²) in [4.78, 5) is 43.7. The SMILES string of the molecule is CCOC(=O)CN(C(=O)COC(=O)c1c(COC)nc2ccccc2c1C)c1ccccc1. The van der Waals surface area contributed by atoms with E-state index >= 15 is 0 Å². The van der Waals surface area contributed by atoms with Gasteiger partial charge in [-0.15, -0.1) is 0 Å². The Balaban J connectivity index is 1.83. The van der Waals surface area contributed by atoms with Crippen LogP contribution in [-0.2, 0) is 30.4 Å². The monoisotopic (exact) mass is 450 g/mol. The molecule has 3 rings (SSSR count). The molecule has 1 aromatic heterocycles. The van der Waals surface area contributed by atoms with Crippen molar-refractivity contribution in [3.05, 3.63) is 71.4 Å². The molecule has 0 spiro atoms. The maximum atomic E-state index is 13.0. The third-order valence-corrected chi connectivity index (χ3v) is 5.00. The molecule has 0 bridgehead atoms. The van der Waals surface area contributed by atoms with E-state index < -0.39 is 24.5 Å². The lowest BCUT2D eigenvalue weighted by Gasteiger charge is -2.22. The lowest BCUT2D eigenvalue weighted by Crippen LogP contribution is -2.39. The Bertz CT molecular complexity index is 1150. The van der Waals surface area contributed by atoms with Crippen LogP contribution >= 0.6 is 0 Å². The minimum atomic E-state index is -0.685. The summed E-state index contributed by atoms with van der Waals surface area (Å²) in [7, 11) is 1.51. The second-order valence-electron chi connectivity index (χ2n) is 7.21. The van der Waals surface area contributed by atoms with E-state index in [1.54, 1.807) is 44.2 Å². The molecule has 0 unspecified atom stereocenters. The Morgan fingerprint density at radius 2 is 1.67 bits per heavy atom. The molecule has 3 aromatic rings. The van der Waals surface area contributed by atoms with E-state index in [0.29, 0.717) is 16.9 Å². The van der Waals surface area contributed by atoms with Gasteiger partial charge in [0.1, 0.15) is 6.54 Å². The number of esters is 2. The zero-order valence-electron chi connectivity index (χ0n) is 18.9. The minimum Gasteiger partial charge on any atom is -0.465 e. The van der Waals surface area contributed by atoms with Crippen molar-refractivity contribution in [1.29, 1.82) is 0 Å². The molecule has 0 radical (unpaired) electrons. The van der Waals surface area contributed by atoms with Crippen LogP contribution in [0.15, 0.2) is 54.6 Å². The average molecular weight is 450 g/mol. The number of nitrogens with zero attached hydrogens (tertiary/aromatic N) is 2. The highest BCUT2D eigenvalue weighted by atomic mass is 16.5. The first-order valence-electron chi connectivity index (χ1n) is 10.5. The predicted octanol–water partition coefficient (Wildman–Crippen LogP) is 3.44. The number of carbonyl (C=O) groups excluding carboxylic acids is 3. The van der Waals surface area contributed by atoms with Gasteiger partial charge >= 0.3 is 11.9 Å². The van der Waals surface area contributed by atoms with Gasteiger partial charge in [-0.2, -0.15) is 0 Å². The largest absolute Gasteiger partial charge is 0.465 e. The van der Waals surface area contributed by atoms with Crippen molar-refractivity contribution in [2.45, 2.75) is 20.5 Å². The zero-order valence-corrected chi connectivity index (χ0v) is 18.9. The second-order valence-corrected chi connectivity index (χ2v) is 7.21. The lowest BCUT2D eigenvalue weighted by molar-refractivity contribution is -0.142. The van der Waals surface area contributed by atoms with E-state index in [-0.39, 0.29) is 25.3 Å². The minimum absolute atomic E-state index is 0.114. The van der Waals surface area contributed by atoms with Crippen molar-refractivity contribution in [2.24, 2.45) is 0 Å². The highest BCUT2D eigenvalue weighted by molar-refractivity contribution is 6.02. The highest BCUT2D eigenvalue weighted by Gasteiger charge is 2.24. The molecular weight excluding hydrogens is 424 g/mol. The molecule has 33 heavy (non-hydrogen) atoms. The molecule has 0 aliphatic rings. The number of hydrogen-bond acceptors (Lipinski definition) is 7. The van der Waals surface area contributed by atoms with Crippen LogP contribution in [-0.4, -0.2) is 49.7 Å². The topological polar surface area (TPSA) is 95.0 Å². The van der Waals surface area contributed by atoms with Gasteiger partial charge in [0.25, 0.3) is 5.91 Å². The van der Waals surface area contributed by atoms with E-state index in [4.69, 9.17) is 14.2 Å². The van der Waals surface area contributed by atoms with Crippen molar-refractivity contribution in [2.75, 3.05) is 31.8 Å². The van der Waals surface area contributed by atoms with Crippen LogP contribution in [0.1, 0.15) is 28.5 Å². The molecule has 0 saturated heterocycles. The summed E-state index contributed by atoms with van der Waals surface area (Å²) < 4.78 is 15.6. The number of pyridine rings is 1. The summed E-state index contributed by atoms with van der Waals surface area (Å²) in [5.41, 5.74) is 2.61. The zero-order chi connectivity index (χ0) is 23.8. The fourth-order valence-electron chi connectivity index (χ4n) is 3.50. The van der Waals surface area contributed by atoms with E-state index in [9.17, 15) is 14.4 Å². The van der Waals surface area contributed by atoms with E-state index in [0.717, 1.165) is 10.9 Å². The molecule has 0 atom stereocenters. The fraction of sp³-hybridized carbons (Fsp3) is 0.280. The van der Waals surface area contributed by atoms with Gasteiger partial charge in [0.05, 0.1) is 30.0 Å². The highest BCUT2D eigenvalue weighted by Crippen LogP contribution is 2.24. The average Bonchev–Trinajstić information content (AvgIpc) is 2.82. The number of rotatable bonds is 9. The first kappa shape index (κ1) is 23.9. The van der Waals surface area contributed by atoms with Crippen LogP contribution in [0.3, 0.4) is 0 Å². The van der Waals surface area contributed by atoms with E-state index in [1.165, 1.54) is 12.0 Å². The molecule has 1 heterocycles. The number of anilines is 1. The summed E-state index contributed by atoms with van der Waals surface area (Å²) >= 11 is 0. The molecule has 0 fully saturated rings. The number of para-hydroxylation sites is 2. The van der Waals surface area contributed by atoms with Gasteiger partial charge < -0.3 is 14.2 Å². The fourth-order valence-corrected chi connectivity index (χ4v) is 3.50. The number of fused-ring (bicyclic) bond motifs is 1. The summed E-state index contributed by atoms with van der Waals surface area (Å²) in [6.45, 7) is 2.96. The van der Waals surface area contributed by atoms with Crippen molar-refractivity contribution in [3.8, 4) is 0 Å². The van der Waals surface area contributed by atoms with Crippen LogP contribution in [0.2, 0.25) is 0 Å². The number of hydrogen-bond donors (Lipinski definition) is 0. The van der Waals surface area contributed by atoms with E-state index in [1.807, 2.05) is 24.3 Å². The number of carbonyl (C=O) groups is 3. The van der Waals surface area contributed by atoms with Gasteiger partial charge in [-0.25, -0.2) is 9.78 Å². The summed E-state index contributed by atoms with van der Waals surface area (Å²) in [6.07, 6.45) is 0. The van der Waals surface area contributed by atoms with Crippen LogP contribution in [0.5, 0.6) is 0 Å². The predicted molar refractivity (Wildman–Crippen MR) is 123 cm³/mol. The molecular formula is C25H26N2O6. The molecule has 2 aromatic carbocycles. The first-order chi connectivity index (χ1) is 16.0. The maximum Gasteiger partial charge on any atom is 0.340 e. The van der Waals surface area contributed by atoms with Gasteiger partial charge in [0, 0.05) is 18.2 Å². The third-order valence-electron chi connectivity index (χ3n) is 5.00. The Kier molecular flexibility index (Phi) is 8.10. The number of amides is 1. The Morgan fingerprint density at radius 3 is 2.36 bits per heavy atom. The Hall–Kier alpha value is -3.78. The summed E-state index contributed by atoms with van der Waals surface area (Å²) in [5.74, 6) is -1.80. The molecule has 8 nitrogen and oxygen atoms in total. The molecule has 0 aliphatic carbocycles. The third kappa shape index (κ3) is 5.72. The maximum absolute atomic E-state index is 13.0. The number of ether oxygens (including phenoxy) is 3. The molecule has 172 valence electrons. The van der Waals surface area contributed by atoms with Crippen molar-refractivity contribution < 1.29 is 28.6 Å². The molecule has 1 amide bonds. The molecule has 0 saturated carbocycles. The van der Waals surface area contributed by atoms with Crippen molar-refractivity contribution in [1.82, 2.24) is 4.98 Å². The smallest absolute Gasteiger partial charge is 0.340 e. The second kappa shape index (κ2) is 11.2. The van der Waals surface area contributed by atoms with E-state index in [2.05, 4.69) is 4.98 Å². The molecule has 0 aliphatic heterocycles. The van der Waals surface area contributed by atoms with Crippen molar-refractivity contribution in [3.63, 3.8) is 0 Å². The van der Waals surface area contributed by atoms with Crippen LogP contribution < -0.4 is 4.90 Å². The van der Waals surface area contributed by atoms with Crippen LogP contribution in [0.25, 0.3) is 10.9 Å². The Morgan fingerprint density at radius 1 is 0.970 bits per heavy atom. The van der Waals surface area contributed by atoms with Gasteiger partial charge in [0.15, 0.2) is 6.61 Å². The summed E-state index contributed by atoms with van der Waals surface area (Å²) in [6, 6.07) is 16.1. The number of benzene rings is 2. The van der Waals surface area contributed by atoms with Crippen LogP contribution in [0, 0.1) is 6.92 Å². The van der Waals surface area contributed by atoms with Gasteiger partial charge in [0.2, 0.25) is 0 Å². The van der Waals surface area contributed by atoms with Crippen LogP contribution in [0.4, 0.5) is 5.69 Å². The molecule has 8 heteroatoms. The normalized spacial score (nSPS) is 10.6. The van der Waals surface area contributed by atoms with Gasteiger partial charge in [-0.3, -0.25) is 14.5 Å². The first-order valence-corrected chi connectivity index (χ1v) is 10.5. The van der Waals surface area contributed by atoms with Gasteiger partial charge in [-0.05, 0) is 37.6 Å². The Labute approximate surface area is 192 Å². The molecule has 0 N–H and O–H groups in total. The van der Waals surface area contributed by atoms with Gasteiger partial charge in [-0.1, -0.05) is 36.4 Å². The standard InChI is InChI=1S/C25H26N2O6/c1-4-32-23(29)14-27(18-10-6-5-7-11-18)22(28)16-33-25(30)24-17(2)19-12-8-9-13-20(19)26-21(24)15-31-3/h5-13H,4,14-16H2,1-3H3. The van der Waals surface area contributed by atoms with Crippen molar-refractivity contribution >= 4 is 34.4 Å². The number of aryl methyl sites for hydroxylation is 1. The number of aromatic nitrogens is 1. The lowest BCUT2D eigenvalue weighted by atomic mass is 10.0.